The molecule has 3 rings (SSSR count). The van der Waals surface area contributed by atoms with Crippen molar-refractivity contribution in [2.45, 2.75) is 13.1 Å². The summed E-state index contributed by atoms with van der Waals surface area (Å²) in [6.45, 7) is 1.49. The largest absolute Gasteiger partial charge is 0.437 e. The van der Waals surface area contributed by atoms with Crippen molar-refractivity contribution in [2.24, 2.45) is 0 Å². The Morgan fingerprint density at radius 1 is 0.963 bits per heavy atom. The third kappa shape index (κ3) is 3.97. The Bertz CT molecular complexity index is 988. The van der Waals surface area contributed by atoms with E-state index in [1.165, 1.54) is 19.1 Å². The van der Waals surface area contributed by atoms with Gasteiger partial charge in [0.25, 0.3) is 0 Å². The summed E-state index contributed by atoms with van der Waals surface area (Å²) in [4.78, 5) is 8.02. The highest BCUT2D eigenvalue weighted by Gasteiger charge is 2.31. The summed E-state index contributed by atoms with van der Waals surface area (Å²) in [5, 5.41) is 0. The molecule has 2 aromatic carbocycles. The predicted molar refractivity (Wildman–Crippen MR) is 88.1 cm³/mol. The van der Waals surface area contributed by atoms with Gasteiger partial charge in [0.15, 0.2) is 0 Å². The lowest BCUT2D eigenvalue weighted by Crippen LogP contribution is -2.07. The number of rotatable bonds is 3. The van der Waals surface area contributed by atoms with Crippen molar-refractivity contribution < 1.29 is 26.7 Å². The second kappa shape index (κ2) is 6.82. The van der Waals surface area contributed by atoms with Gasteiger partial charge in [-0.15, -0.1) is 0 Å². The number of halogens is 5. The van der Waals surface area contributed by atoms with Crippen LogP contribution in [0, 0.1) is 18.6 Å². The lowest BCUT2D eigenvalue weighted by molar-refractivity contribution is -0.137. The first-order valence-corrected chi connectivity index (χ1v) is 7.60. The van der Waals surface area contributed by atoms with Gasteiger partial charge in [-0.25, -0.2) is 13.8 Å². The zero-order valence-electron chi connectivity index (χ0n) is 13.8. The number of ether oxygens (including phenoxy) is 1. The van der Waals surface area contributed by atoms with Crippen LogP contribution < -0.4 is 10.5 Å². The summed E-state index contributed by atoms with van der Waals surface area (Å²) in [5.41, 5.74) is 4.32. The summed E-state index contributed by atoms with van der Waals surface area (Å²) in [6.07, 6.45) is -4.68. The van der Waals surface area contributed by atoms with Crippen LogP contribution >= 0.6 is 0 Å². The van der Waals surface area contributed by atoms with Crippen molar-refractivity contribution in [2.75, 3.05) is 5.73 Å². The van der Waals surface area contributed by atoms with Crippen LogP contribution in [0.4, 0.5) is 27.6 Å². The zero-order chi connectivity index (χ0) is 19.8. The zero-order valence-corrected chi connectivity index (χ0v) is 13.8. The molecule has 1 aromatic heterocycles. The fraction of sp³-hybridized carbons (Fsp3) is 0.111. The van der Waals surface area contributed by atoms with E-state index < -0.39 is 23.4 Å². The highest BCUT2D eigenvalue weighted by Crippen LogP contribution is 2.37. The number of nitrogens with zero attached hydrogens (tertiary/aromatic N) is 2. The smallest absolute Gasteiger partial charge is 0.416 e. The van der Waals surface area contributed by atoms with Crippen LogP contribution in [0.15, 0.2) is 42.5 Å². The molecule has 1 heterocycles. The van der Waals surface area contributed by atoms with Crippen molar-refractivity contribution in [1.82, 2.24) is 9.97 Å². The van der Waals surface area contributed by atoms with Crippen molar-refractivity contribution in [3.63, 3.8) is 0 Å². The van der Waals surface area contributed by atoms with Crippen LogP contribution in [0.1, 0.15) is 11.4 Å². The summed E-state index contributed by atoms with van der Waals surface area (Å²) in [5.74, 6) is -1.34. The molecule has 3 aromatic rings. The monoisotopic (exact) mass is 381 g/mol. The topological polar surface area (TPSA) is 61.0 Å². The SMILES string of the molecule is Cc1nc(Oc2ccc(F)cc2)c(N)c(-c2ccc(C(F)(F)F)cc2F)n1. The second-order valence-electron chi connectivity index (χ2n) is 5.59. The molecule has 0 fully saturated rings. The van der Waals surface area contributed by atoms with E-state index in [9.17, 15) is 22.0 Å². The number of nitrogens with two attached hydrogens (primary N) is 1. The highest BCUT2D eigenvalue weighted by atomic mass is 19.4. The molecule has 0 radical (unpaired) electrons. The van der Waals surface area contributed by atoms with E-state index in [0.29, 0.717) is 6.07 Å². The van der Waals surface area contributed by atoms with Crippen LogP contribution in [-0.2, 0) is 6.18 Å². The normalized spacial score (nSPS) is 11.5. The summed E-state index contributed by atoms with van der Waals surface area (Å²) in [7, 11) is 0. The van der Waals surface area contributed by atoms with Gasteiger partial charge < -0.3 is 10.5 Å². The molecule has 0 bridgehead atoms. The molecule has 0 aliphatic carbocycles. The molecule has 0 amide bonds. The van der Waals surface area contributed by atoms with Crippen molar-refractivity contribution >= 4 is 5.69 Å². The van der Waals surface area contributed by atoms with E-state index in [0.717, 1.165) is 24.3 Å². The molecule has 0 aliphatic rings. The van der Waals surface area contributed by atoms with Crippen LogP contribution in [-0.4, -0.2) is 9.97 Å². The molecule has 2 N–H and O–H groups in total. The van der Waals surface area contributed by atoms with Gasteiger partial charge >= 0.3 is 6.18 Å². The van der Waals surface area contributed by atoms with E-state index in [2.05, 4.69) is 9.97 Å². The third-order valence-corrected chi connectivity index (χ3v) is 3.60. The molecular weight excluding hydrogens is 369 g/mol. The minimum Gasteiger partial charge on any atom is -0.437 e. The minimum absolute atomic E-state index is 0.106. The average molecular weight is 381 g/mol. The Morgan fingerprint density at radius 2 is 1.63 bits per heavy atom. The number of benzene rings is 2. The number of nitrogen functional groups attached to an aromatic ring is 1. The molecule has 27 heavy (non-hydrogen) atoms. The summed E-state index contributed by atoms with van der Waals surface area (Å²) in [6, 6.07) is 7.04. The van der Waals surface area contributed by atoms with Crippen molar-refractivity contribution in [3.05, 3.63) is 65.5 Å². The molecule has 0 spiro atoms. The number of hydrogen-bond acceptors (Lipinski definition) is 4. The Kier molecular flexibility index (Phi) is 4.69. The Morgan fingerprint density at radius 3 is 2.22 bits per heavy atom. The Hall–Kier alpha value is -3.23. The fourth-order valence-corrected chi connectivity index (χ4v) is 2.34. The van der Waals surface area contributed by atoms with E-state index in [1.807, 2.05) is 0 Å². The maximum Gasteiger partial charge on any atom is 0.416 e. The molecule has 0 aliphatic heterocycles. The lowest BCUT2D eigenvalue weighted by atomic mass is 10.1. The fourth-order valence-electron chi connectivity index (χ4n) is 2.34. The molecule has 4 nitrogen and oxygen atoms in total. The first kappa shape index (κ1) is 18.6. The number of anilines is 1. The predicted octanol–water partition coefficient (Wildman–Crippen LogP) is 5.12. The number of aromatic nitrogens is 2. The van der Waals surface area contributed by atoms with Gasteiger partial charge in [0.2, 0.25) is 5.88 Å². The maximum atomic E-state index is 14.3. The third-order valence-electron chi connectivity index (χ3n) is 3.60. The summed E-state index contributed by atoms with van der Waals surface area (Å²) >= 11 is 0. The van der Waals surface area contributed by atoms with Gasteiger partial charge in [-0.05, 0) is 49.4 Å². The van der Waals surface area contributed by atoms with Gasteiger partial charge in [0.05, 0.1) is 5.56 Å². The second-order valence-corrected chi connectivity index (χ2v) is 5.59. The molecule has 0 saturated heterocycles. The molecule has 140 valence electrons. The van der Waals surface area contributed by atoms with E-state index >= 15 is 0 Å². The van der Waals surface area contributed by atoms with Gasteiger partial charge in [-0.3, -0.25) is 0 Å². The first-order chi connectivity index (χ1) is 12.6. The highest BCUT2D eigenvalue weighted by molar-refractivity contribution is 5.76. The maximum absolute atomic E-state index is 14.3. The van der Waals surface area contributed by atoms with Crippen molar-refractivity contribution in [3.8, 4) is 22.9 Å². The van der Waals surface area contributed by atoms with E-state index in [4.69, 9.17) is 10.5 Å². The van der Waals surface area contributed by atoms with Gasteiger partial charge in [0.1, 0.15) is 34.6 Å². The van der Waals surface area contributed by atoms with E-state index in [-0.39, 0.29) is 34.4 Å². The Labute approximate surface area is 150 Å². The average Bonchev–Trinajstić information content (AvgIpc) is 2.59. The molecule has 0 unspecified atom stereocenters. The minimum atomic E-state index is -4.68. The first-order valence-electron chi connectivity index (χ1n) is 7.60. The van der Waals surface area contributed by atoms with Gasteiger partial charge in [0, 0.05) is 5.56 Å². The number of hydrogen-bond donors (Lipinski definition) is 1. The standard InChI is InChI=1S/C18H12F5N3O/c1-9-25-16(13-7-2-10(8-14(13)20)18(21,22)23)15(24)17(26-9)27-12-5-3-11(19)4-6-12/h2-8H,24H2,1H3. The van der Waals surface area contributed by atoms with Crippen LogP contribution in [0.3, 0.4) is 0 Å². The van der Waals surface area contributed by atoms with E-state index in [1.54, 1.807) is 0 Å². The molecule has 0 atom stereocenters. The number of aryl methyl sites for hydroxylation is 1. The van der Waals surface area contributed by atoms with Gasteiger partial charge in [-0.2, -0.15) is 18.2 Å². The lowest BCUT2D eigenvalue weighted by Gasteiger charge is -2.13. The number of alkyl halides is 3. The quantitative estimate of drug-likeness (QED) is 0.640. The van der Waals surface area contributed by atoms with Gasteiger partial charge in [-0.1, -0.05) is 0 Å². The Balaban J connectivity index is 2.04. The van der Waals surface area contributed by atoms with Crippen molar-refractivity contribution in [1.29, 1.82) is 0 Å². The van der Waals surface area contributed by atoms with Crippen LogP contribution in [0.2, 0.25) is 0 Å². The molecule has 9 heteroatoms. The molecular formula is C18H12F5N3O. The molecule has 0 saturated carbocycles. The van der Waals surface area contributed by atoms with Crippen LogP contribution in [0.5, 0.6) is 11.6 Å². The summed E-state index contributed by atoms with van der Waals surface area (Å²) < 4.78 is 70.9. The van der Waals surface area contributed by atoms with Crippen LogP contribution in [0.25, 0.3) is 11.3 Å².